The molecule has 3 rings (SSSR count). The number of aromatic amines is 1. The molecular formula is C18H28N4O2. The number of hydrogen-bond donors (Lipinski definition) is 1. The van der Waals surface area contributed by atoms with E-state index in [-0.39, 0.29) is 0 Å². The van der Waals surface area contributed by atoms with Crippen LogP contribution in [0.5, 0.6) is 0 Å². The highest BCUT2D eigenvalue weighted by Crippen LogP contribution is 2.14. The monoisotopic (exact) mass is 332 g/mol. The van der Waals surface area contributed by atoms with Crippen LogP contribution in [0.2, 0.25) is 0 Å². The number of H-pyrrole nitrogens is 1. The molecular weight excluding hydrogens is 304 g/mol. The van der Waals surface area contributed by atoms with Crippen LogP contribution in [0.3, 0.4) is 0 Å². The summed E-state index contributed by atoms with van der Waals surface area (Å²) in [6.07, 6.45) is 2.91. The van der Waals surface area contributed by atoms with Crippen LogP contribution in [0.1, 0.15) is 29.3 Å². The largest absolute Gasteiger partial charge is 0.465 e. The molecule has 1 aliphatic rings. The van der Waals surface area contributed by atoms with Crippen LogP contribution in [0, 0.1) is 13.8 Å². The van der Waals surface area contributed by atoms with Crippen LogP contribution in [0.4, 0.5) is 0 Å². The predicted molar refractivity (Wildman–Crippen MR) is 92.8 cm³/mol. The van der Waals surface area contributed by atoms with Crippen molar-refractivity contribution in [3.8, 4) is 0 Å². The summed E-state index contributed by atoms with van der Waals surface area (Å²) in [4.78, 5) is 12.5. The van der Waals surface area contributed by atoms with Crippen LogP contribution in [0.15, 0.2) is 22.9 Å². The third-order valence-electron chi connectivity index (χ3n) is 4.54. The van der Waals surface area contributed by atoms with Crippen molar-refractivity contribution in [2.24, 2.45) is 0 Å². The molecule has 0 aromatic carbocycles. The zero-order valence-electron chi connectivity index (χ0n) is 14.8. The van der Waals surface area contributed by atoms with E-state index < -0.39 is 0 Å². The van der Waals surface area contributed by atoms with Gasteiger partial charge in [0.2, 0.25) is 0 Å². The second-order valence-corrected chi connectivity index (χ2v) is 6.50. The average Bonchev–Trinajstić information content (AvgIpc) is 3.17. The van der Waals surface area contributed by atoms with E-state index in [0.29, 0.717) is 0 Å². The summed E-state index contributed by atoms with van der Waals surface area (Å²) >= 11 is 0. The van der Waals surface area contributed by atoms with Crippen LogP contribution >= 0.6 is 0 Å². The molecule has 0 bridgehead atoms. The second kappa shape index (κ2) is 8.46. The minimum Gasteiger partial charge on any atom is -0.465 e. The van der Waals surface area contributed by atoms with Crippen molar-refractivity contribution in [2.45, 2.75) is 33.4 Å². The van der Waals surface area contributed by atoms with Gasteiger partial charge in [-0.3, -0.25) is 9.80 Å². The molecule has 1 saturated heterocycles. The van der Waals surface area contributed by atoms with E-state index in [0.717, 1.165) is 81.8 Å². The molecule has 0 radical (unpaired) electrons. The van der Waals surface area contributed by atoms with E-state index in [1.54, 1.807) is 6.33 Å². The van der Waals surface area contributed by atoms with Gasteiger partial charge in [0.1, 0.15) is 11.5 Å². The molecule has 2 aromatic rings. The van der Waals surface area contributed by atoms with Gasteiger partial charge in [-0.1, -0.05) is 0 Å². The fourth-order valence-corrected chi connectivity index (χ4v) is 3.11. The lowest BCUT2D eigenvalue weighted by atomic mass is 10.2. The van der Waals surface area contributed by atoms with E-state index in [4.69, 9.17) is 9.15 Å². The summed E-state index contributed by atoms with van der Waals surface area (Å²) in [7, 11) is 0. The number of morpholine rings is 1. The Labute approximate surface area is 143 Å². The first-order chi connectivity index (χ1) is 11.7. The Kier molecular flexibility index (Phi) is 6.07. The minimum atomic E-state index is 0.823. The average molecular weight is 332 g/mol. The third kappa shape index (κ3) is 4.93. The van der Waals surface area contributed by atoms with Crippen molar-refractivity contribution in [3.05, 3.63) is 41.4 Å². The molecule has 1 aliphatic heterocycles. The van der Waals surface area contributed by atoms with Crippen LogP contribution in [-0.2, 0) is 17.8 Å². The molecule has 0 spiro atoms. The number of rotatable bonds is 8. The van der Waals surface area contributed by atoms with Crippen molar-refractivity contribution in [1.82, 2.24) is 19.8 Å². The Bertz CT molecular complexity index is 616. The number of aromatic nitrogens is 2. The van der Waals surface area contributed by atoms with Crippen molar-refractivity contribution < 1.29 is 9.15 Å². The Morgan fingerprint density at radius 1 is 1.21 bits per heavy atom. The Morgan fingerprint density at radius 3 is 2.71 bits per heavy atom. The molecule has 24 heavy (non-hydrogen) atoms. The number of aryl methyl sites for hydroxylation is 2. The molecule has 3 heterocycles. The van der Waals surface area contributed by atoms with Gasteiger partial charge in [0.05, 0.1) is 31.8 Å². The number of ether oxygens (including phenoxy) is 1. The first-order valence-corrected chi connectivity index (χ1v) is 8.77. The lowest BCUT2D eigenvalue weighted by Gasteiger charge is -2.28. The second-order valence-electron chi connectivity index (χ2n) is 6.50. The summed E-state index contributed by atoms with van der Waals surface area (Å²) in [6.45, 7) is 11.7. The SMILES string of the molecule is Cc1ccc(CN(CCCN2CCOCC2)Cc2nc[nH]c2C)o1. The van der Waals surface area contributed by atoms with Gasteiger partial charge in [0.25, 0.3) is 0 Å². The zero-order chi connectivity index (χ0) is 16.8. The van der Waals surface area contributed by atoms with Gasteiger partial charge in [-0.15, -0.1) is 0 Å². The van der Waals surface area contributed by atoms with Gasteiger partial charge in [-0.2, -0.15) is 0 Å². The molecule has 1 fully saturated rings. The number of nitrogens with zero attached hydrogens (tertiary/aromatic N) is 3. The molecule has 0 atom stereocenters. The Morgan fingerprint density at radius 2 is 2.04 bits per heavy atom. The fourth-order valence-electron chi connectivity index (χ4n) is 3.11. The summed E-state index contributed by atoms with van der Waals surface area (Å²) in [5.41, 5.74) is 2.26. The fraction of sp³-hybridized carbons (Fsp3) is 0.611. The van der Waals surface area contributed by atoms with Crippen molar-refractivity contribution in [2.75, 3.05) is 39.4 Å². The Hall–Kier alpha value is -1.63. The first kappa shape index (κ1) is 17.2. The van der Waals surface area contributed by atoms with E-state index in [1.165, 1.54) is 0 Å². The van der Waals surface area contributed by atoms with Crippen LogP contribution in [-0.4, -0.2) is 59.2 Å². The third-order valence-corrected chi connectivity index (χ3v) is 4.54. The molecule has 0 aliphatic carbocycles. The van der Waals surface area contributed by atoms with Gasteiger partial charge in [-0.25, -0.2) is 4.98 Å². The van der Waals surface area contributed by atoms with Crippen LogP contribution < -0.4 is 0 Å². The summed E-state index contributed by atoms with van der Waals surface area (Å²) < 4.78 is 11.2. The van der Waals surface area contributed by atoms with Gasteiger partial charge < -0.3 is 14.1 Å². The lowest BCUT2D eigenvalue weighted by molar-refractivity contribution is 0.0357. The number of imidazole rings is 1. The summed E-state index contributed by atoms with van der Waals surface area (Å²) in [5, 5.41) is 0. The molecule has 0 saturated carbocycles. The molecule has 0 amide bonds. The number of hydrogen-bond acceptors (Lipinski definition) is 5. The summed E-state index contributed by atoms with van der Waals surface area (Å²) in [5.74, 6) is 1.99. The highest BCUT2D eigenvalue weighted by atomic mass is 16.5. The maximum Gasteiger partial charge on any atom is 0.118 e. The van der Waals surface area contributed by atoms with Gasteiger partial charge in [0, 0.05) is 31.9 Å². The predicted octanol–water partition coefficient (Wildman–Crippen LogP) is 2.34. The van der Waals surface area contributed by atoms with Gasteiger partial charge in [-0.05, 0) is 38.9 Å². The van der Waals surface area contributed by atoms with Crippen LogP contribution in [0.25, 0.3) is 0 Å². The van der Waals surface area contributed by atoms with Gasteiger partial charge in [0.15, 0.2) is 0 Å². The molecule has 0 unspecified atom stereocenters. The van der Waals surface area contributed by atoms with E-state index in [1.807, 2.05) is 13.0 Å². The normalized spacial score (nSPS) is 16.1. The number of furan rings is 1. The molecule has 6 heteroatoms. The minimum absolute atomic E-state index is 0.823. The summed E-state index contributed by atoms with van der Waals surface area (Å²) in [6, 6.07) is 4.10. The molecule has 6 nitrogen and oxygen atoms in total. The zero-order valence-corrected chi connectivity index (χ0v) is 14.8. The van der Waals surface area contributed by atoms with Gasteiger partial charge >= 0.3 is 0 Å². The molecule has 2 aromatic heterocycles. The van der Waals surface area contributed by atoms with Crippen molar-refractivity contribution in [3.63, 3.8) is 0 Å². The van der Waals surface area contributed by atoms with E-state index >= 15 is 0 Å². The van der Waals surface area contributed by atoms with E-state index in [9.17, 15) is 0 Å². The van der Waals surface area contributed by atoms with Crippen molar-refractivity contribution in [1.29, 1.82) is 0 Å². The Balaban J connectivity index is 1.55. The highest BCUT2D eigenvalue weighted by Gasteiger charge is 2.14. The van der Waals surface area contributed by atoms with Crippen molar-refractivity contribution >= 4 is 0 Å². The molecule has 132 valence electrons. The smallest absolute Gasteiger partial charge is 0.118 e. The lowest BCUT2D eigenvalue weighted by Crippen LogP contribution is -2.38. The number of nitrogens with one attached hydrogen (secondary N) is 1. The first-order valence-electron chi connectivity index (χ1n) is 8.77. The maximum atomic E-state index is 5.76. The highest BCUT2D eigenvalue weighted by molar-refractivity contribution is 5.09. The topological polar surface area (TPSA) is 57.5 Å². The maximum absolute atomic E-state index is 5.76. The molecule has 1 N–H and O–H groups in total. The van der Waals surface area contributed by atoms with E-state index in [2.05, 4.69) is 32.8 Å². The standard InChI is InChI=1S/C18H28N4O2/c1-15-4-5-17(24-15)12-22(13-18-16(2)19-14-20-18)7-3-6-21-8-10-23-11-9-21/h4-5,14H,3,6-13H2,1-2H3,(H,19,20). The quantitative estimate of drug-likeness (QED) is 0.804.